The first-order valence-corrected chi connectivity index (χ1v) is 8.13. The molecule has 2 unspecified atom stereocenters. The van der Waals surface area contributed by atoms with Gasteiger partial charge in [-0.2, -0.15) is 0 Å². The molecule has 4 heteroatoms. The van der Waals surface area contributed by atoms with Crippen molar-refractivity contribution in [3.05, 3.63) is 65.2 Å². The number of benzene rings is 2. The largest absolute Gasteiger partial charge is 0.489 e. The molecule has 0 saturated heterocycles. The van der Waals surface area contributed by atoms with E-state index in [2.05, 4.69) is 11.8 Å². The summed E-state index contributed by atoms with van der Waals surface area (Å²) in [5, 5.41) is 18.5. The fraction of sp³-hybridized carbons (Fsp3) is 0.286. The van der Waals surface area contributed by atoms with Gasteiger partial charge in [0, 0.05) is 0 Å². The van der Waals surface area contributed by atoms with Gasteiger partial charge >= 0.3 is 5.97 Å². The molecule has 2 rings (SSSR count). The highest BCUT2D eigenvalue weighted by Gasteiger charge is 2.13. The second-order valence-corrected chi connectivity index (χ2v) is 5.82. The molecule has 0 heterocycles. The van der Waals surface area contributed by atoms with Crippen LogP contribution in [0.5, 0.6) is 5.75 Å². The number of aliphatic carboxylic acids is 1. The van der Waals surface area contributed by atoms with Crippen molar-refractivity contribution in [3.63, 3.8) is 0 Å². The zero-order valence-electron chi connectivity index (χ0n) is 14.4. The molecule has 0 aliphatic carbocycles. The molecule has 4 nitrogen and oxygen atoms in total. The van der Waals surface area contributed by atoms with Crippen molar-refractivity contribution in [1.82, 2.24) is 0 Å². The number of hydrogen-bond acceptors (Lipinski definition) is 3. The van der Waals surface area contributed by atoms with E-state index in [1.54, 1.807) is 13.8 Å². The second kappa shape index (κ2) is 8.91. The van der Waals surface area contributed by atoms with Crippen LogP contribution in [0.2, 0.25) is 0 Å². The number of carbonyl (C=O) groups is 1. The third kappa shape index (κ3) is 5.66. The molecule has 0 aliphatic rings. The van der Waals surface area contributed by atoms with Crippen molar-refractivity contribution in [1.29, 1.82) is 0 Å². The summed E-state index contributed by atoms with van der Waals surface area (Å²) in [5.74, 6) is 5.24. The molecule has 0 aromatic heterocycles. The summed E-state index contributed by atoms with van der Waals surface area (Å²) < 4.78 is 5.75. The minimum absolute atomic E-state index is 0.0172. The molecule has 0 spiro atoms. The minimum Gasteiger partial charge on any atom is -0.489 e. The van der Waals surface area contributed by atoms with Gasteiger partial charge in [0.1, 0.15) is 12.4 Å². The van der Waals surface area contributed by atoms with Gasteiger partial charge < -0.3 is 14.9 Å². The first-order valence-electron chi connectivity index (χ1n) is 8.13. The van der Waals surface area contributed by atoms with Crippen LogP contribution in [0.15, 0.2) is 48.5 Å². The Bertz CT molecular complexity index is 749. The molecule has 0 radical (unpaired) electrons. The Morgan fingerprint density at radius 2 is 1.68 bits per heavy atom. The van der Waals surface area contributed by atoms with Crippen LogP contribution in [0.25, 0.3) is 0 Å². The van der Waals surface area contributed by atoms with E-state index in [4.69, 9.17) is 9.84 Å². The minimum atomic E-state index is -0.867. The molecule has 130 valence electrons. The molecule has 0 saturated carbocycles. The average Bonchev–Trinajstić information content (AvgIpc) is 2.60. The van der Waals surface area contributed by atoms with Crippen LogP contribution >= 0.6 is 0 Å². The number of aliphatic hydroxyl groups is 1. The molecule has 2 aromatic carbocycles. The molecule has 0 bridgehead atoms. The number of rotatable bonds is 7. The van der Waals surface area contributed by atoms with E-state index in [0.29, 0.717) is 12.4 Å². The van der Waals surface area contributed by atoms with Crippen LogP contribution < -0.4 is 4.74 Å². The van der Waals surface area contributed by atoms with Crippen LogP contribution in [-0.2, 0) is 11.4 Å². The molecule has 0 amide bonds. The summed E-state index contributed by atoms with van der Waals surface area (Å²) in [5.41, 5.74) is 2.74. The van der Waals surface area contributed by atoms with E-state index in [9.17, 15) is 9.90 Å². The van der Waals surface area contributed by atoms with Gasteiger partial charge in [0.2, 0.25) is 0 Å². The molecule has 25 heavy (non-hydrogen) atoms. The molecular formula is C21H22O4. The molecule has 2 atom stereocenters. The maximum atomic E-state index is 10.9. The summed E-state index contributed by atoms with van der Waals surface area (Å²) >= 11 is 0. The predicted octanol–water partition coefficient (Wildman–Crippen LogP) is 3.90. The number of hydrogen-bond donors (Lipinski definition) is 2. The highest BCUT2D eigenvalue weighted by atomic mass is 16.5. The van der Waals surface area contributed by atoms with Crippen LogP contribution in [-0.4, -0.2) is 16.2 Å². The van der Waals surface area contributed by atoms with Crippen molar-refractivity contribution in [2.45, 2.75) is 38.9 Å². The summed E-state index contributed by atoms with van der Waals surface area (Å²) in [4.78, 5) is 10.9. The lowest BCUT2D eigenvalue weighted by Gasteiger charge is -2.11. The normalized spacial score (nSPS) is 12.6. The van der Waals surface area contributed by atoms with Gasteiger partial charge in [-0.25, -0.2) is 0 Å². The van der Waals surface area contributed by atoms with Gasteiger partial charge in [0.25, 0.3) is 0 Å². The SMILES string of the molecule is CC#CC(CC(=O)O)c1ccc(OCc2ccc(C(C)O)cc2)cc1. The Labute approximate surface area is 148 Å². The van der Waals surface area contributed by atoms with E-state index in [0.717, 1.165) is 16.7 Å². The monoisotopic (exact) mass is 338 g/mol. The predicted molar refractivity (Wildman–Crippen MR) is 96.3 cm³/mol. The Morgan fingerprint density at radius 3 is 2.20 bits per heavy atom. The van der Waals surface area contributed by atoms with Gasteiger partial charge in [0.15, 0.2) is 0 Å². The third-order valence-electron chi connectivity index (χ3n) is 3.85. The smallest absolute Gasteiger partial charge is 0.304 e. The zero-order chi connectivity index (χ0) is 18.2. The van der Waals surface area contributed by atoms with E-state index in [1.807, 2.05) is 48.5 Å². The Morgan fingerprint density at radius 1 is 1.08 bits per heavy atom. The average molecular weight is 338 g/mol. The first kappa shape index (κ1) is 18.6. The van der Waals surface area contributed by atoms with Crippen molar-refractivity contribution in [2.24, 2.45) is 0 Å². The fourth-order valence-corrected chi connectivity index (χ4v) is 2.46. The van der Waals surface area contributed by atoms with Crippen molar-refractivity contribution in [3.8, 4) is 17.6 Å². The number of carboxylic acids is 1. The molecular weight excluding hydrogens is 316 g/mol. The zero-order valence-corrected chi connectivity index (χ0v) is 14.4. The Balaban J connectivity index is 1.99. The Kier molecular flexibility index (Phi) is 6.62. The quantitative estimate of drug-likeness (QED) is 0.752. The molecule has 2 N–H and O–H groups in total. The van der Waals surface area contributed by atoms with E-state index in [-0.39, 0.29) is 12.3 Å². The standard InChI is InChI=1S/C21H22O4/c1-3-4-19(13-21(23)24)18-9-11-20(12-10-18)25-14-16-5-7-17(8-6-16)15(2)22/h5-12,15,19,22H,13-14H2,1-2H3,(H,23,24). The van der Waals surface area contributed by atoms with Crippen molar-refractivity contribution in [2.75, 3.05) is 0 Å². The summed E-state index contributed by atoms with van der Waals surface area (Å²) in [6.45, 7) is 3.86. The van der Waals surface area contributed by atoms with Gasteiger partial charge in [-0.05, 0) is 42.7 Å². The highest BCUT2D eigenvalue weighted by Crippen LogP contribution is 2.23. The summed E-state index contributed by atoms with van der Waals surface area (Å²) in [6.07, 6.45) is -0.496. The Hall–Kier alpha value is -2.77. The third-order valence-corrected chi connectivity index (χ3v) is 3.85. The lowest BCUT2D eigenvalue weighted by molar-refractivity contribution is -0.137. The lowest BCUT2D eigenvalue weighted by Crippen LogP contribution is -2.04. The van der Waals surface area contributed by atoms with Crippen molar-refractivity contribution < 1.29 is 19.7 Å². The second-order valence-electron chi connectivity index (χ2n) is 5.82. The van der Waals surface area contributed by atoms with Crippen molar-refractivity contribution >= 4 is 5.97 Å². The van der Waals surface area contributed by atoms with Crippen LogP contribution in [0.1, 0.15) is 49.0 Å². The van der Waals surface area contributed by atoms with Crippen LogP contribution in [0.3, 0.4) is 0 Å². The molecule has 0 aliphatic heterocycles. The van der Waals surface area contributed by atoms with Gasteiger partial charge in [0.05, 0.1) is 18.4 Å². The van der Waals surface area contributed by atoms with E-state index >= 15 is 0 Å². The number of carboxylic acid groups (broad SMARTS) is 1. The topological polar surface area (TPSA) is 66.8 Å². The van der Waals surface area contributed by atoms with Crippen LogP contribution in [0.4, 0.5) is 0 Å². The highest BCUT2D eigenvalue weighted by molar-refractivity contribution is 5.69. The van der Waals surface area contributed by atoms with Gasteiger partial charge in [-0.15, -0.1) is 5.92 Å². The summed E-state index contributed by atoms with van der Waals surface area (Å²) in [6, 6.07) is 15.0. The summed E-state index contributed by atoms with van der Waals surface area (Å²) in [7, 11) is 0. The first-order chi connectivity index (χ1) is 12.0. The van der Waals surface area contributed by atoms with E-state index in [1.165, 1.54) is 0 Å². The number of ether oxygens (including phenoxy) is 1. The van der Waals surface area contributed by atoms with Gasteiger partial charge in [-0.1, -0.05) is 42.3 Å². The van der Waals surface area contributed by atoms with Gasteiger partial charge in [-0.3, -0.25) is 4.79 Å². The lowest BCUT2D eigenvalue weighted by atomic mass is 9.96. The maximum Gasteiger partial charge on any atom is 0.304 e. The van der Waals surface area contributed by atoms with Crippen LogP contribution in [0, 0.1) is 11.8 Å². The fourth-order valence-electron chi connectivity index (χ4n) is 2.46. The number of aliphatic hydroxyl groups excluding tert-OH is 1. The molecule has 2 aromatic rings. The maximum absolute atomic E-state index is 10.9. The van der Waals surface area contributed by atoms with E-state index < -0.39 is 12.1 Å². The molecule has 0 fully saturated rings.